The van der Waals surface area contributed by atoms with Crippen LogP contribution in [0.25, 0.3) is 0 Å². The maximum absolute atomic E-state index is 11.1. The Bertz CT molecular complexity index is 279. The molecule has 0 N–H and O–H groups in total. The Kier molecular flexibility index (Phi) is 10.5. The fourth-order valence-corrected chi connectivity index (χ4v) is 1.84. The molecule has 0 heterocycles. The van der Waals surface area contributed by atoms with Gasteiger partial charge in [0.25, 0.3) is 0 Å². The minimum Gasteiger partial charge on any atom is -0.300 e. The topological polar surface area (TPSA) is 17.1 Å². The summed E-state index contributed by atoms with van der Waals surface area (Å²) in [5, 5.41) is 0. The molecule has 1 heteroatoms. The van der Waals surface area contributed by atoms with Gasteiger partial charge in [0.15, 0.2) is 0 Å². The first-order valence-corrected chi connectivity index (χ1v) is 7.77. The Morgan fingerprint density at radius 2 is 1.42 bits per heavy atom. The van der Waals surface area contributed by atoms with E-state index in [-0.39, 0.29) is 0 Å². The maximum Gasteiger partial charge on any atom is 0.132 e. The zero-order valence-corrected chi connectivity index (χ0v) is 13.4. The molecule has 0 fully saturated rings. The maximum atomic E-state index is 11.1. The molecule has 1 nitrogen and oxygen atoms in total. The third-order valence-corrected chi connectivity index (χ3v) is 3.12. The quantitative estimate of drug-likeness (QED) is 0.357. The number of allylic oxidation sites excluding steroid dienone is 4. The highest BCUT2D eigenvalue weighted by Gasteiger charge is 2.07. The van der Waals surface area contributed by atoms with Gasteiger partial charge in [-0.3, -0.25) is 4.79 Å². The molecule has 0 radical (unpaired) electrons. The summed E-state index contributed by atoms with van der Waals surface area (Å²) in [7, 11) is 0. The van der Waals surface area contributed by atoms with E-state index in [1.165, 1.54) is 19.3 Å². The van der Waals surface area contributed by atoms with Crippen LogP contribution < -0.4 is 0 Å². The van der Waals surface area contributed by atoms with Gasteiger partial charge in [-0.2, -0.15) is 0 Å². The van der Waals surface area contributed by atoms with E-state index < -0.39 is 0 Å². The van der Waals surface area contributed by atoms with Crippen LogP contribution >= 0.6 is 0 Å². The summed E-state index contributed by atoms with van der Waals surface area (Å²) in [6, 6.07) is 0. The summed E-state index contributed by atoms with van der Waals surface area (Å²) in [6.45, 7) is 8.82. The molecule has 0 spiro atoms. The molecule has 0 aliphatic rings. The summed E-state index contributed by atoms with van der Waals surface area (Å²) in [4.78, 5) is 11.1. The fraction of sp³-hybridized carbons (Fsp3) is 0.722. The number of Topliss-reactive ketones (excluding diaryl/α,β-unsaturated/α-hetero) is 1. The van der Waals surface area contributed by atoms with Crippen LogP contribution in [0.2, 0.25) is 0 Å². The van der Waals surface area contributed by atoms with Crippen molar-refractivity contribution in [2.24, 2.45) is 5.41 Å². The fourth-order valence-electron chi connectivity index (χ4n) is 1.84. The number of hydrogen-bond donors (Lipinski definition) is 0. The molecular weight excluding hydrogens is 232 g/mol. The number of hydrogen-bond acceptors (Lipinski definition) is 1. The van der Waals surface area contributed by atoms with Gasteiger partial charge in [-0.1, -0.05) is 52.0 Å². The van der Waals surface area contributed by atoms with Crippen LogP contribution in [0.1, 0.15) is 79.1 Å². The standard InChI is InChI=1S/C18H32O/c1-5-17(19)15-13-11-9-7-6-8-10-12-14-16-18(2,3)4/h8-11H,5-7,12-16H2,1-4H3/b10-8+,11-9+. The van der Waals surface area contributed by atoms with Gasteiger partial charge in [0.05, 0.1) is 0 Å². The van der Waals surface area contributed by atoms with Crippen LogP contribution in [-0.4, -0.2) is 5.78 Å². The van der Waals surface area contributed by atoms with Gasteiger partial charge < -0.3 is 0 Å². The first kappa shape index (κ1) is 18.1. The number of ketones is 1. The van der Waals surface area contributed by atoms with E-state index in [9.17, 15) is 4.79 Å². The van der Waals surface area contributed by atoms with E-state index in [1.54, 1.807) is 0 Å². The van der Waals surface area contributed by atoms with E-state index >= 15 is 0 Å². The smallest absolute Gasteiger partial charge is 0.132 e. The van der Waals surface area contributed by atoms with Crippen molar-refractivity contribution in [2.45, 2.75) is 79.1 Å². The van der Waals surface area contributed by atoms with Crippen LogP contribution in [0.4, 0.5) is 0 Å². The van der Waals surface area contributed by atoms with Gasteiger partial charge in [0.2, 0.25) is 0 Å². The van der Waals surface area contributed by atoms with Gasteiger partial charge in [0.1, 0.15) is 5.78 Å². The van der Waals surface area contributed by atoms with E-state index in [1.807, 2.05) is 6.92 Å². The largest absolute Gasteiger partial charge is 0.300 e. The molecule has 0 aromatic heterocycles. The van der Waals surface area contributed by atoms with Gasteiger partial charge in [0, 0.05) is 12.8 Å². The molecule has 0 rings (SSSR count). The SMILES string of the molecule is CCC(=O)CC/C=C/CC/C=C/CCCC(C)(C)C. The number of carbonyl (C=O) groups excluding carboxylic acids is 1. The van der Waals surface area contributed by atoms with Gasteiger partial charge >= 0.3 is 0 Å². The zero-order chi connectivity index (χ0) is 14.6. The molecule has 0 amide bonds. The summed E-state index contributed by atoms with van der Waals surface area (Å²) >= 11 is 0. The van der Waals surface area contributed by atoms with E-state index in [2.05, 4.69) is 45.1 Å². The molecule has 0 saturated heterocycles. The molecule has 0 unspecified atom stereocenters. The summed E-state index contributed by atoms with van der Waals surface area (Å²) in [5.41, 5.74) is 0.465. The van der Waals surface area contributed by atoms with E-state index in [0.29, 0.717) is 24.0 Å². The molecule has 0 atom stereocenters. The molecular formula is C18H32O. The van der Waals surface area contributed by atoms with Crippen LogP contribution in [0.15, 0.2) is 24.3 Å². The third kappa shape index (κ3) is 15.1. The normalized spacial score (nSPS) is 12.6. The van der Waals surface area contributed by atoms with Crippen LogP contribution in [-0.2, 0) is 4.79 Å². The van der Waals surface area contributed by atoms with Gasteiger partial charge in [-0.15, -0.1) is 0 Å². The van der Waals surface area contributed by atoms with Crippen molar-refractivity contribution in [3.8, 4) is 0 Å². The van der Waals surface area contributed by atoms with Crippen molar-refractivity contribution >= 4 is 5.78 Å². The average molecular weight is 264 g/mol. The van der Waals surface area contributed by atoms with Crippen molar-refractivity contribution in [1.82, 2.24) is 0 Å². The van der Waals surface area contributed by atoms with Crippen LogP contribution in [0, 0.1) is 5.41 Å². The minimum absolute atomic E-state index is 0.364. The first-order chi connectivity index (χ1) is 8.95. The zero-order valence-electron chi connectivity index (χ0n) is 13.4. The van der Waals surface area contributed by atoms with Crippen molar-refractivity contribution in [1.29, 1.82) is 0 Å². The van der Waals surface area contributed by atoms with Crippen molar-refractivity contribution < 1.29 is 4.79 Å². The number of carbonyl (C=O) groups is 1. The highest BCUT2D eigenvalue weighted by atomic mass is 16.1. The second kappa shape index (κ2) is 11.0. The molecule has 0 aromatic rings. The lowest BCUT2D eigenvalue weighted by molar-refractivity contribution is -0.118. The second-order valence-electron chi connectivity index (χ2n) is 6.40. The van der Waals surface area contributed by atoms with E-state index in [0.717, 1.165) is 19.3 Å². The highest BCUT2D eigenvalue weighted by Crippen LogP contribution is 2.21. The monoisotopic (exact) mass is 264 g/mol. The molecule has 0 bridgehead atoms. The molecule has 0 aliphatic heterocycles. The molecule has 0 aromatic carbocycles. The van der Waals surface area contributed by atoms with Crippen LogP contribution in [0.5, 0.6) is 0 Å². The molecule has 19 heavy (non-hydrogen) atoms. The Hall–Kier alpha value is -0.850. The van der Waals surface area contributed by atoms with Crippen LogP contribution in [0.3, 0.4) is 0 Å². The summed E-state index contributed by atoms with van der Waals surface area (Å²) in [5.74, 6) is 0.364. The second-order valence-corrected chi connectivity index (χ2v) is 6.40. The Morgan fingerprint density at radius 3 is 1.95 bits per heavy atom. The van der Waals surface area contributed by atoms with Gasteiger partial charge in [-0.25, -0.2) is 0 Å². The third-order valence-electron chi connectivity index (χ3n) is 3.12. The van der Waals surface area contributed by atoms with E-state index in [4.69, 9.17) is 0 Å². The lowest BCUT2D eigenvalue weighted by atomic mass is 9.90. The Morgan fingerprint density at radius 1 is 0.895 bits per heavy atom. The summed E-state index contributed by atoms with van der Waals surface area (Å²) < 4.78 is 0. The van der Waals surface area contributed by atoms with Crippen molar-refractivity contribution in [3.63, 3.8) is 0 Å². The summed E-state index contributed by atoms with van der Waals surface area (Å²) in [6.07, 6.45) is 17.2. The minimum atomic E-state index is 0.364. The molecule has 0 aliphatic carbocycles. The molecule has 110 valence electrons. The number of unbranched alkanes of at least 4 members (excludes halogenated alkanes) is 2. The average Bonchev–Trinajstić information content (AvgIpc) is 2.34. The first-order valence-electron chi connectivity index (χ1n) is 7.77. The Labute approximate surface area is 120 Å². The molecule has 0 saturated carbocycles. The lowest BCUT2D eigenvalue weighted by Gasteiger charge is -2.16. The predicted octanol–water partition coefficient (Wildman–Crippen LogP) is 5.85. The lowest BCUT2D eigenvalue weighted by Crippen LogP contribution is -2.03. The van der Waals surface area contributed by atoms with Gasteiger partial charge in [-0.05, 0) is 43.9 Å². The highest BCUT2D eigenvalue weighted by molar-refractivity contribution is 5.78. The Balaban J connectivity index is 3.38. The van der Waals surface area contributed by atoms with Crippen molar-refractivity contribution in [3.05, 3.63) is 24.3 Å². The van der Waals surface area contributed by atoms with Crippen molar-refractivity contribution in [2.75, 3.05) is 0 Å². The number of rotatable bonds is 10. The predicted molar refractivity (Wildman–Crippen MR) is 85.4 cm³/mol.